The summed E-state index contributed by atoms with van der Waals surface area (Å²) in [6.07, 6.45) is 0. The molecule has 6 nitrogen and oxygen atoms in total. The quantitative estimate of drug-likeness (QED) is 0.390. The van der Waals surface area contributed by atoms with Crippen LogP contribution in [0.2, 0.25) is 0 Å². The molecule has 0 amide bonds. The zero-order valence-corrected chi connectivity index (χ0v) is 10.1. The Kier molecular flexibility index (Phi) is 5.72. The van der Waals surface area contributed by atoms with Crippen LogP contribution in [0.15, 0.2) is 0 Å². The third kappa shape index (κ3) is 3.41. The Bertz CT molecular complexity index is 279. The fraction of sp³-hybridized carbons (Fsp3) is 0.750. The minimum absolute atomic E-state index is 0.0933. The molecule has 0 aliphatic carbocycles. The van der Waals surface area contributed by atoms with Crippen LogP contribution < -0.4 is 0 Å². The highest BCUT2D eigenvalue weighted by atomic mass is 31.2. The normalized spacial score (nSPS) is 13.3. The summed E-state index contributed by atoms with van der Waals surface area (Å²) in [6, 6.07) is 0. The summed E-state index contributed by atoms with van der Waals surface area (Å²) in [5.74, 6) is -1.50. The molecular weight excluding hydrogens is 223 g/mol. The lowest BCUT2D eigenvalue weighted by molar-refractivity contribution is -0.145. The van der Waals surface area contributed by atoms with Crippen molar-refractivity contribution in [2.75, 3.05) is 20.8 Å². The molecule has 0 N–H and O–H groups in total. The van der Waals surface area contributed by atoms with Crippen molar-refractivity contribution in [3.8, 4) is 0 Å². The van der Waals surface area contributed by atoms with Crippen LogP contribution in [-0.4, -0.2) is 38.2 Å². The second kappa shape index (κ2) is 6.00. The van der Waals surface area contributed by atoms with E-state index >= 15 is 0 Å². The van der Waals surface area contributed by atoms with Crippen LogP contribution in [0.4, 0.5) is 0 Å². The number of carbonyl (C=O) groups is 2. The smallest absolute Gasteiger partial charge is 0.351 e. The van der Waals surface area contributed by atoms with Gasteiger partial charge in [0, 0.05) is 14.2 Å². The predicted molar refractivity (Wildman–Crippen MR) is 52.7 cm³/mol. The topological polar surface area (TPSA) is 78.9 Å². The molecule has 0 heterocycles. The maximum atomic E-state index is 11.8. The fourth-order valence-electron chi connectivity index (χ4n) is 1.02. The lowest BCUT2D eigenvalue weighted by Gasteiger charge is -2.20. The summed E-state index contributed by atoms with van der Waals surface area (Å²) in [5.41, 5.74) is -1.51. The van der Waals surface area contributed by atoms with Crippen molar-refractivity contribution in [3.05, 3.63) is 0 Å². The maximum Gasteiger partial charge on any atom is 0.351 e. The van der Waals surface area contributed by atoms with Gasteiger partial charge in [-0.1, -0.05) is 0 Å². The van der Waals surface area contributed by atoms with Crippen LogP contribution in [0.3, 0.4) is 0 Å². The predicted octanol–water partition coefficient (Wildman–Crippen LogP) is 0.993. The van der Waals surface area contributed by atoms with Gasteiger partial charge >= 0.3 is 13.6 Å². The first-order valence-electron chi connectivity index (χ1n) is 4.31. The summed E-state index contributed by atoms with van der Waals surface area (Å²) >= 11 is 0. The molecule has 1 atom stereocenters. The van der Waals surface area contributed by atoms with Gasteiger partial charge in [-0.2, -0.15) is 0 Å². The number of carbonyl (C=O) groups excluding carboxylic acids is 2. The summed E-state index contributed by atoms with van der Waals surface area (Å²) in [5, 5.41) is 0. The zero-order chi connectivity index (χ0) is 12.1. The molecule has 0 saturated carbocycles. The molecule has 7 heteroatoms. The van der Waals surface area contributed by atoms with E-state index in [1.165, 1.54) is 0 Å². The Morgan fingerprint density at radius 1 is 1.27 bits per heavy atom. The number of hydrogen-bond donors (Lipinski definition) is 0. The Morgan fingerprint density at radius 2 is 1.73 bits per heavy atom. The first-order chi connectivity index (χ1) is 6.92. The van der Waals surface area contributed by atoms with Crippen molar-refractivity contribution in [1.82, 2.24) is 0 Å². The van der Waals surface area contributed by atoms with Crippen LogP contribution in [-0.2, 0) is 27.9 Å². The van der Waals surface area contributed by atoms with Gasteiger partial charge in [0.1, 0.15) is 0 Å². The van der Waals surface area contributed by atoms with Gasteiger partial charge in [0.25, 0.3) is 0 Å². The SMILES string of the molecule is CCOC(=O)C(C(C)=O)P(=O)(OC)OC. The van der Waals surface area contributed by atoms with Crippen LogP contribution in [0.1, 0.15) is 13.8 Å². The highest BCUT2D eigenvalue weighted by Crippen LogP contribution is 2.52. The number of rotatable bonds is 6. The number of Topliss-reactive ketones (excluding diaryl/α,β-unsaturated/α-hetero) is 1. The number of esters is 1. The number of ketones is 1. The largest absolute Gasteiger partial charge is 0.465 e. The minimum Gasteiger partial charge on any atom is -0.465 e. The average molecular weight is 238 g/mol. The van der Waals surface area contributed by atoms with Crippen LogP contribution in [0.5, 0.6) is 0 Å². The van der Waals surface area contributed by atoms with Crippen molar-refractivity contribution >= 4 is 19.3 Å². The lowest BCUT2D eigenvalue weighted by atomic mass is 10.3. The molecule has 0 radical (unpaired) electrons. The molecule has 0 aliphatic heterocycles. The zero-order valence-electron chi connectivity index (χ0n) is 9.18. The third-order valence-corrected chi connectivity index (χ3v) is 3.94. The summed E-state index contributed by atoms with van der Waals surface area (Å²) in [7, 11) is -1.54. The first kappa shape index (κ1) is 14.3. The minimum atomic E-state index is -3.76. The molecule has 1 unspecified atom stereocenters. The van der Waals surface area contributed by atoms with Gasteiger partial charge in [-0.05, 0) is 13.8 Å². The van der Waals surface area contributed by atoms with E-state index in [-0.39, 0.29) is 6.61 Å². The Labute approximate surface area is 88.4 Å². The Balaban J connectivity index is 5.04. The highest BCUT2D eigenvalue weighted by molar-refractivity contribution is 7.56. The van der Waals surface area contributed by atoms with Crippen LogP contribution in [0, 0.1) is 0 Å². The molecular formula is C8H15O6P. The van der Waals surface area contributed by atoms with Gasteiger partial charge in [0.05, 0.1) is 6.61 Å². The second-order valence-corrected chi connectivity index (χ2v) is 5.00. The van der Waals surface area contributed by atoms with Crippen LogP contribution >= 0.6 is 7.60 Å². The van der Waals surface area contributed by atoms with Crippen LogP contribution in [0.25, 0.3) is 0 Å². The van der Waals surface area contributed by atoms with E-state index in [2.05, 4.69) is 13.8 Å². The molecule has 0 bridgehead atoms. The fourth-order valence-corrected chi connectivity index (χ4v) is 2.37. The number of hydrogen-bond acceptors (Lipinski definition) is 6. The van der Waals surface area contributed by atoms with Crippen molar-refractivity contribution < 1.29 is 27.9 Å². The van der Waals surface area contributed by atoms with Crippen molar-refractivity contribution in [2.24, 2.45) is 0 Å². The molecule has 0 rings (SSSR count). The van der Waals surface area contributed by atoms with Gasteiger partial charge in [-0.25, -0.2) is 0 Å². The maximum absolute atomic E-state index is 11.8. The first-order valence-corrected chi connectivity index (χ1v) is 5.92. The Hall–Kier alpha value is -0.710. The monoisotopic (exact) mass is 238 g/mol. The molecule has 0 fully saturated rings. The van der Waals surface area contributed by atoms with E-state index in [0.717, 1.165) is 21.1 Å². The highest BCUT2D eigenvalue weighted by Gasteiger charge is 2.44. The van der Waals surface area contributed by atoms with Crippen molar-refractivity contribution in [1.29, 1.82) is 0 Å². The van der Waals surface area contributed by atoms with E-state index in [4.69, 9.17) is 0 Å². The summed E-state index contributed by atoms with van der Waals surface area (Å²) in [6.45, 7) is 2.81. The summed E-state index contributed by atoms with van der Waals surface area (Å²) in [4.78, 5) is 22.6. The molecule has 15 heavy (non-hydrogen) atoms. The molecule has 0 saturated heterocycles. The molecule has 0 aromatic carbocycles. The van der Waals surface area contributed by atoms with E-state index in [9.17, 15) is 14.2 Å². The van der Waals surface area contributed by atoms with E-state index in [1.54, 1.807) is 6.92 Å². The second-order valence-electron chi connectivity index (χ2n) is 2.67. The van der Waals surface area contributed by atoms with E-state index in [1.807, 2.05) is 0 Å². The van der Waals surface area contributed by atoms with Gasteiger partial charge < -0.3 is 13.8 Å². The third-order valence-electron chi connectivity index (χ3n) is 1.72. The van der Waals surface area contributed by atoms with E-state index < -0.39 is 25.0 Å². The summed E-state index contributed by atoms with van der Waals surface area (Å²) < 4.78 is 25.6. The number of ether oxygens (including phenoxy) is 1. The van der Waals surface area contributed by atoms with Gasteiger partial charge in [0.15, 0.2) is 5.78 Å². The molecule has 0 aliphatic rings. The molecule has 0 spiro atoms. The van der Waals surface area contributed by atoms with Crippen molar-refractivity contribution in [2.45, 2.75) is 19.5 Å². The average Bonchev–Trinajstić information content (AvgIpc) is 2.17. The lowest BCUT2D eigenvalue weighted by Crippen LogP contribution is -2.31. The standard InChI is InChI=1S/C8H15O6P/c1-5-14-8(10)7(6(2)9)15(11,12-3)13-4/h7H,5H2,1-4H3. The van der Waals surface area contributed by atoms with Crippen molar-refractivity contribution in [3.63, 3.8) is 0 Å². The van der Waals surface area contributed by atoms with E-state index in [0.29, 0.717) is 0 Å². The molecule has 88 valence electrons. The molecule has 0 aromatic rings. The molecule has 0 aromatic heterocycles. The van der Waals surface area contributed by atoms with Gasteiger partial charge in [-0.3, -0.25) is 14.2 Å². The van der Waals surface area contributed by atoms with Gasteiger partial charge in [-0.15, -0.1) is 0 Å². The Morgan fingerprint density at radius 3 is 2.00 bits per heavy atom. The van der Waals surface area contributed by atoms with Gasteiger partial charge in [0.2, 0.25) is 5.66 Å².